The van der Waals surface area contributed by atoms with Gasteiger partial charge >= 0.3 is 5.97 Å². The Morgan fingerprint density at radius 1 is 1.12 bits per heavy atom. The largest absolute Gasteiger partial charge is 0.497 e. The van der Waals surface area contributed by atoms with Crippen LogP contribution in [0.4, 0.5) is 10.8 Å². The predicted octanol–water partition coefficient (Wildman–Crippen LogP) is 4.80. The lowest BCUT2D eigenvalue weighted by Gasteiger charge is -2.18. The van der Waals surface area contributed by atoms with Crippen LogP contribution in [0.25, 0.3) is 6.08 Å². The number of thiazole rings is 1. The molecule has 1 amide bonds. The highest BCUT2D eigenvalue weighted by Gasteiger charge is 2.25. The van der Waals surface area contributed by atoms with Crippen molar-refractivity contribution in [2.75, 3.05) is 12.0 Å². The van der Waals surface area contributed by atoms with Crippen molar-refractivity contribution in [3.8, 4) is 5.75 Å². The molecule has 8 heteroatoms. The summed E-state index contributed by atoms with van der Waals surface area (Å²) < 4.78 is 10.5. The molecule has 0 unspecified atom stereocenters. The standard InChI is InChI=1S/C24H21N3O4S/c1-14-5-6-17(11-15(14)2)22-26-21(23(29)31-22)12-18-13-32-24(25-18)27(16(3)28)19-7-9-20(30-4)10-8-19/h5-13H,1-4H3/b21-12-. The van der Waals surface area contributed by atoms with Crippen LogP contribution in [0.3, 0.4) is 0 Å². The molecule has 0 spiro atoms. The van der Waals surface area contributed by atoms with Gasteiger partial charge in [-0.1, -0.05) is 6.07 Å². The molecule has 0 saturated carbocycles. The normalized spacial score (nSPS) is 14.3. The van der Waals surface area contributed by atoms with Gasteiger partial charge in [-0.3, -0.25) is 9.69 Å². The van der Waals surface area contributed by atoms with Crippen LogP contribution in [-0.4, -0.2) is 29.9 Å². The van der Waals surface area contributed by atoms with E-state index in [4.69, 9.17) is 9.47 Å². The van der Waals surface area contributed by atoms with Gasteiger partial charge in [0.25, 0.3) is 0 Å². The second-order valence-electron chi connectivity index (χ2n) is 7.24. The van der Waals surface area contributed by atoms with Crippen LogP contribution in [0.1, 0.15) is 29.3 Å². The highest BCUT2D eigenvalue weighted by atomic mass is 32.1. The average Bonchev–Trinajstić information content (AvgIpc) is 3.37. The molecule has 7 nitrogen and oxygen atoms in total. The zero-order valence-electron chi connectivity index (χ0n) is 18.1. The Hall–Kier alpha value is -3.78. The number of esters is 1. The molecule has 0 fully saturated rings. The Kier molecular flexibility index (Phi) is 5.87. The molecule has 32 heavy (non-hydrogen) atoms. The van der Waals surface area contributed by atoms with Gasteiger partial charge in [-0.05, 0) is 67.4 Å². The van der Waals surface area contributed by atoms with E-state index < -0.39 is 5.97 Å². The van der Waals surface area contributed by atoms with Gasteiger partial charge in [0.15, 0.2) is 10.8 Å². The summed E-state index contributed by atoms with van der Waals surface area (Å²) in [4.78, 5) is 35.0. The number of ether oxygens (including phenoxy) is 2. The SMILES string of the molecule is COc1ccc(N(C(C)=O)c2nc(/C=C3\N=C(c4ccc(C)c(C)c4)OC3=O)cs2)cc1. The molecule has 1 aromatic heterocycles. The summed E-state index contributed by atoms with van der Waals surface area (Å²) in [6.45, 7) is 5.48. The van der Waals surface area contributed by atoms with E-state index in [1.807, 2.05) is 32.0 Å². The van der Waals surface area contributed by atoms with E-state index in [9.17, 15) is 9.59 Å². The van der Waals surface area contributed by atoms with Crippen molar-refractivity contribution in [1.82, 2.24) is 4.98 Å². The Bertz CT molecular complexity index is 1260. The number of hydrogen-bond acceptors (Lipinski definition) is 7. The number of nitrogens with zero attached hydrogens (tertiary/aromatic N) is 3. The van der Waals surface area contributed by atoms with Crippen molar-refractivity contribution in [3.63, 3.8) is 0 Å². The summed E-state index contributed by atoms with van der Waals surface area (Å²) >= 11 is 1.29. The first kappa shape index (κ1) is 21.5. The molecular weight excluding hydrogens is 426 g/mol. The van der Waals surface area contributed by atoms with Crippen molar-refractivity contribution in [2.45, 2.75) is 20.8 Å². The maximum atomic E-state index is 12.3. The first-order valence-electron chi connectivity index (χ1n) is 9.86. The van der Waals surface area contributed by atoms with Crippen molar-refractivity contribution in [2.24, 2.45) is 4.99 Å². The van der Waals surface area contributed by atoms with Crippen LogP contribution in [-0.2, 0) is 14.3 Å². The van der Waals surface area contributed by atoms with E-state index in [1.54, 1.807) is 42.8 Å². The highest BCUT2D eigenvalue weighted by molar-refractivity contribution is 7.14. The monoisotopic (exact) mass is 447 g/mol. The van der Waals surface area contributed by atoms with Crippen LogP contribution in [0, 0.1) is 13.8 Å². The summed E-state index contributed by atoms with van der Waals surface area (Å²) in [6, 6.07) is 12.9. The third kappa shape index (κ3) is 4.31. The number of aliphatic imine (C=N–C) groups is 1. The van der Waals surface area contributed by atoms with Gasteiger partial charge in [0.2, 0.25) is 11.8 Å². The van der Waals surface area contributed by atoms with Crippen LogP contribution < -0.4 is 9.64 Å². The van der Waals surface area contributed by atoms with Crippen LogP contribution in [0.2, 0.25) is 0 Å². The fraction of sp³-hybridized carbons (Fsp3) is 0.167. The maximum Gasteiger partial charge on any atom is 0.363 e. The van der Waals surface area contributed by atoms with E-state index in [0.717, 1.165) is 16.7 Å². The van der Waals surface area contributed by atoms with Gasteiger partial charge in [0.05, 0.1) is 18.5 Å². The molecule has 0 bridgehead atoms. The van der Waals surface area contributed by atoms with Gasteiger partial charge in [-0.2, -0.15) is 0 Å². The van der Waals surface area contributed by atoms with E-state index in [-0.39, 0.29) is 17.5 Å². The number of aryl methyl sites for hydroxylation is 2. The quantitative estimate of drug-likeness (QED) is 0.415. The Balaban J connectivity index is 1.62. The number of anilines is 2. The minimum absolute atomic E-state index is 0.161. The molecule has 0 N–H and O–H groups in total. The van der Waals surface area contributed by atoms with Crippen molar-refractivity contribution in [3.05, 3.63) is 75.9 Å². The summed E-state index contributed by atoms with van der Waals surface area (Å²) in [5, 5.41) is 2.25. The van der Waals surface area contributed by atoms with E-state index in [2.05, 4.69) is 9.98 Å². The molecule has 162 valence electrons. The fourth-order valence-corrected chi connectivity index (χ4v) is 3.99. The number of aromatic nitrogens is 1. The van der Waals surface area contributed by atoms with Gasteiger partial charge < -0.3 is 9.47 Å². The van der Waals surface area contributed by atoms with Crippen LogP contribution >= 0.6 is 11.3 Å². The third-order valence-electron chi connectivity index (χ3n) is 5.01. The molecule has 4 rings (SSSR count). The van der Waals surface area contributed by atoms with Gasteiger partial charge in [0.1, 0.15) is 5.75 Å². The van der Waals surface area contributed by atoms with Gasteiger partial charge in [0, 0.05) is 17.9 Å². The second kappa shape index (κ2) is 8.76. The smallest absolute Gasteiger partial charge is 0.363 e. The Morgan fingerprint density at radius 3 is 2.53 bits per heavy atom. The van der Waals surface area contributed by atoms with Crippen molar-refractivity contribution in [1.29, 1.82) is 0 Å². The zero-order valence-corrected chi connectivity index (χ0v) is 18.9. The van der Waals surface area contributed by atoms with Crippen molar-refractivity contribution < 1.29 is 19.1 Å². The second-order valence-corrected chi connectivity index (χ2v) is 8.08. The van der Waals surface area contributed by atoms with Gasteiger partial charge in [-0.15, -0.1) is 11.3 Å². The lowest BCUT2D eigenvalue weighted by Crippen LogP contribution is -2.22. The number of carbonyl (C=O) groups excluding carboxylic acids is 2. The molecule has 1 aliphatic rings. The lowest BCUT2D eigenvalue weighted by atomic mass is 10.1. The predicted molar refractivity (Wildman–Crippen MR) is 124 cm³/mol. The lowest BCUT2D eigenvalue weighted by molar-refractivity contribution is -0.130. The third-order valence-corrected chi connectivity index (χ3v) is 5.85. The maximum absolute atomic E-state index is 12.3. The molecule has 0 atom stereocenters. The molecule has 1 aliphatic heterocycles. The average molecular weight is 448 g/mol. The first-order chi connectivity index (χ1) is 15.4. The minimum atomic E-state index is -0.536. The fourth-order valence-electron chi connectivity index (χ4n) is 3.15. The molecule has 2 heterocycles. The van der Waals surface area contributed by atoms with E-state index in [1.165, 1.54) is 23.2 Å². The summed E-state index contributed by atoms with van der Waals surface area (Å²) in [6.07, 6.45) is 1.56. The molecule has 3 aromatic rings. The number of hydrogen-bond donors (Lipinski definition) is 0. The molecule has 0 saturated heterocycles. The molecule has 0 radical (unpaired) electrons. The van der Waals surface area contributed by atoms with E-state index in [0.29, 0.717) is 22.3 Å². The van der Waals surface area contributed by atoms with Gasteiger partial charge in [-0.25, -0.2) is 14.8 Å². The topological polar surface area (TPSA) is 81.1 Å². The minimum Gasteiger partial charge on any atom is -0.497 e. The number of amides is 1. The van der Waals surface area contributed by atoms with Crippen LogP contribution in [0.5, 0.6) is 5.75 Å². The molecular formula is C24H21N3O4S. The summed E-state index contributed by atoms with van der Waals surface area (Å²) in [5.41, 5.74) is 4.32. The first-order valence-corrected chi connectivity index (χ1v) is 10.7. The Labute approximate surface area is 189 Å². The number of benzene rings is 2. The highest BCUT2D eigenvalue weighted by Crippen LogP contribution is 2.31. The van der Waals surface area contributed by atoms with Crippen molar-refractivity contribution >= 4 is 46.0 Å². The van der Waals surface area contributed by atoms with E-state index >= 15 is 0 Å². The summed E-state index contributed by atoms with van der Waals surface area (Å²) in [7, 11) is 1.58. The number of cyclic esters (lactones) is 1. The molecule has 2 aromatic carbocycles. The summed E-state index contributed by atoms with van der Waals surface area (Å²) in [5.74, 6) is 0.243. The van der Waals surface area contributed by atoms with Crippen LogP contribution in [0.15, 0.2) is 58.5 Å². The number of rotatable bonds is 5. The number of carbonyl (C=O) groups is 2. The Morgan fingerprint density at radius 2 is 1.88 bits per heavy atom. The zero-order chi connectivity index (χ0) is 22.8. The number of methoxy groups -OCH3 is 1. The molecule has 0 aliphatic carbocycles.